The van der Waals surface area contributed by atoms with Gasteiger partial charge in [-0.2, -0.15) is 0 Å². The first-order valence-corrected chi connectivity index (χ1v) is 11.3. The molecule has 7 nitrogen and oxygen atoms in total. The molecular weight excluding hydrogens is 390 g/mol. The number of furan rings is 1. The van der Waals surface area contributed by atoms with E-state index < -0.39 is 17.4 Å². The zero-order chi connectivity index (χ0) is 20.0. The number of carbonyl (C=O) groups is 1. The molecule has 1 atom stereocenters. The highest BCUT2D eigenvalue weighted by atomic mass is 32.2. The largest absolute Gasteiger partial charge is 0.585 e. The average molecular weight is 413 g/mol. The number of fused-ring (bicyclic) bond motifs is 3. The van der Waals surface area contributed by atoms with Crippen molar-refractivity contribution < 1.29 is 19.0 Å². The summed E-state index contributed by atoms with van der Waals surface area (Å²) in [6.45, 7) is 0. The highest BCUT2D eigenvalue weighted by Gasteiger charge is 2.29. The average Bonchev–Trinajstić information content (AvgIpc) is 3.45. The Morgan fingerprint density at radius 2 is 1.72 bits per heavy atom. The smallest absolute Gasteiger partial charge is 0.361 e. The molecule has 1 aromatic carbocycles. The van der Waals surface area contributed by atoms with Gasteiger partial charge in [-0.1, -0.05) is 11.2 Å². The molecule has 3 N–H and O–H groups in total. The van der Waals surface area contributed by atoms with Gasteiger partial charge < -0.3 is 19.5 Å². The summed E-state index contributed by atoms with van der Waals surface area (Å²) in [6, 6.07) is 3.40. The number of nitrogens with zero attached hydrogens (tertiary/aromatic N) is 1. The fraction of sp³-hybridized carbons (Fsp3) is 0.429. The molecule has 1 aromatic heterocycles. The molecule has 0 saturated heterocycles. The number of aryl methyl sites for hydroxylation is 3. The van der Waals surface area contributed by atoms with Crippen molar-refractivity contribution in [2.75, 3.05) is 5.32 Å². The maximum atomic E-state index is 12.7. The zero-order valence-corrected chi connectivity index (χ0v) is 16.9. The predicted molar refractivity (Wildman–Crippen MR) is 109 cm³/mol. The molecule has 3 aliphatic carbocycles. The second-order valence-corrected chi connectivity index (χ2v) is 9.01. The van der Waals surface area contributed by atoms with Crippen LogP contribution in [0.5, 0.6) is 0 Å². The monoisotopic (exact) mass is 413 g/mol. The first-order valence-electron chi connectivity index (χ1n) is 10.1. The third-order valence-electron chi connectivity index (χ3n) is 6.12. The molecule has 0 spiro atoms. The lowest BCUT2D eigenvalue weighted by molar-refractivity contribution is 0.256. The molecule has 0 aliphatic heterocycles. The van der Waals surface area contributed by atoms with E-state index in [1.165, 1.54) is 22.3 Å². The topological polar surface area (TPSA) is 110 Å². The van der Waals surface area contributed by atoms with Crippen LogP contribution in [-0.2, 0) is 43.5 Å². The van der Waals surface area contributed by atoms with E-state index in [-0.39, 0.29) is 5.09 Å². The van der Waals surface area contributed by atoms with Crippen molar-refractivity contribution in [1.29, 1.82) is 0 Å². The van der Waals surface area contributed by atoms with E-state index in [0.717, 1.165) is 50.6 Å². The fourth-order valence-corrected chi connectivity index (χ4v) is 5.54. The Balaban J connectivity index is 1.34. The number of carbonyl (C=O) groups excluding carboxylic acids is 1. The molecule has 0 bridgehead atoms. The molecule has 3 aliphatic rings. The number of rotatable bonds is 3. The van der Waals surface area contributed by atoms with E-state index in [9.17, 15) is 9.35 Å². The Hall–Kier alpha value is -2.45. The van der Waals surface area contributed by atoms with Gasteiger partial charge in [-0.05, 0) is 73.6 Å². The Bertz CT molecular complexity index is 982. The third kappa shape index (κ3) is 3.30. The van der Waals surface area contributed by atoms with Crippen LogP contribution in [0.15, 0.2) is 26.8 Å². The highest BCUT2D eigenvalue weighted by Crippen LogP contribution is 2.38. The lowest BCUT2D eigenvalue weighted by atomic mass is 9.97. The normalized spacial score (nSPS) is 19.6. The number of hydrogen-bond acceptors (Lipinski definition) is 5. The van der Waals surface area contributed by atoms with Crippen molar-refractivity contribution in [3.63, 3.8) is 0 Å². The van der Waals surface area contributed by atoms with Crippen molar-refractivity contribution in [1.82, 2.24) is 4.72 Å². The molecular formula is C21H23N3O4S. The zero-order valence-electron chi connectivity index (χ0n) is 16.0. The van der Waals surface area contributed by atoms with Gasteiger partial charge in [-0.3, -0.25) is 0 Å². The quantitative estimate of drug-likeness (QED) is 0.405. The molecule has 1 heterocycles. The van der Waals surface area contributed by atoms with E-state index in [0.29, 0.717) is 29.9 Å². The van der Waals surface area contributed by atoms with Crippen LogP contribution < -0.4 is 10.0 Å². The summed E-state index contributed by atoms with van der Waals surface area (Å²) in [5.74, 6) is 0.647. The van der Waals surface area contributed by atoms with Gasteiger partial charge in [-0.15, -0.1) is 4.72 Å². The van der Waals surface area contributed by atoms with E-state index >= 15 is 0 Å². The number of anilines is 1. The maximum Gasteiger partial charge on any atom is 0.361 e. The number of amides is 2. The van der Waals surface area contributed by atoms with E-state index in [2.05, 4.69) is 21.3 Å². The summed E-state index contributed by atoms with van der Waals surface area (Å²) in [5, 5.41) is 15.6. The van der Waals surface area contributed by atoms with Crippen LogP contribution in [0.2, 0.25) is 0 Å². The van der Waals surface area contributed by atoms with Gasteiger partial charge in [0.05, 0.1) is 5.71 Å². The summed E-state index contributed by atoms with van der Waals surface area (Å²) < 4.78 is 20.8. The van der Waals surface area contributed by atoms with Crippen molar-refractivity contribution >= 4 is 28.8 Å². The molecule has 8 heteroatoms. The minimum absolute atomic E-state index is 0.164. The second kappa shape index (κ2) is 7.42. The molecule has 2 aromatic rings. The Morgan fingerprint density at radius 1 is 1.03 bits per heavy atom. The van der Waals surface area contributed by atoms with Gasteiger partial charge in [0, 0.05) is 23.7 Å². The lowest BCUT2D eigenvalue weighted by Gasteiger charge is -2.16. The maximum absolute atomic E-state index is 12.7. The fourth-order valence-electron chi connectivity index (χ4n) is 4.82. The lowest BCUT2D eigenvalue weighted by Crippen LogP contribution is -2.34. The van der Waals surface area contributed by atoms with Crippen molar-refractivity contribution in [3.8, 4) is 0 Å². The standard InChI is InChI=1S/C21H23N3O4S/c25-21(22-20-14-6-1-4-12(14)10-13-5-2-7-15(13)20)24-29(27)19-11-16-17(23-26)8-3-9-18(16)28-19/h10-11,26H,1-9H2,(H2,22,24,25)/b23-17-. The molecule has 1 unspecified atom stereocenters. The Labute approximate surface area is 171 Å². The van der Waals surface area contributed by atoms with Crippen molar-refractivity contribution in [3.05, 3.63) is 45.7 Å². The number of hydrogen-bond donors (Lipinski definition) is 3. The van der Waals surface area contributed by atoms with Gasteiger partial charge in [0.1, 0.15) is 17.1 Å². The predicted octanol–water partition coefficient (Wildman–Crippen LogP) is 3.62. The molecule has 0 radical (unpaired) electrons. The van der Waals surface area contributed by atoms with Gasteiger partial charge in [0.25, 0.3) is 0 Å². The number of nitrogens with one attached hydrogen (secondary N) is 2. The summed E-state index contributed by atoms with van der Waals surface area (Å²) in [4.78, 5) is 12.6. The minimum Gasteiger partial charge on any atom is -0.585 e. The van der Waals surface area contributed by atoms with Crippen molar-refractivity contribution in [2.45, 2.75) is 62.9 Å². The van der Waals surface area contributed by atoms with Crippen LogP contribution in [0.25, 0.3) is 0 Å². The van der Waals surface area contributed by atoms with Crippen LogP contribution in [0.3, 0.4) is 0 Å². The van der Waals surface area contributed by atoms with E-state index in [1.54, 1.807) is 6.07 Å². The highest BCUT2D eigenvalue weighted by molar-refractivity contribution is 7.89. The van der Waals surface area contributed by atoms with Crippen LogP contribution >= 0.6 is 0 Å². The molecule has 2 amide bonds. The minimum atomic E-state index is -1.83. The van der Waals surface area contributed by atoms with Crippen LogP contribution in [0.4, 0.5) is 10.5 Å². The van der Waals surface area contributed by atoms with Crippen LogP contribution in [0.1, 0.15) is 59.3 Å². The van der Waals surface area contributed by atoms with Crippen molar-refractivity contribution in [2.24, 2.45) is 5.16 Å². The summed E-state index contributed by atoms with van der Waals surface area (Å²) in [6.07, 6.45) is 8.40. The van der Waals surface area contributed by atoms with Gasteiger partial charge in [0.15, 0.2) is 0 Å². The Kier molecular flexibility index (Phi) is 4.75. The molecule has 29 heavy (non-hydrogen) atoms. The summed E-state index contributed by atoms with van der Waals surface area (Å²) in [5.41, 5.74) is 7.22. The van der Waals surface area contributed by atoms with E-state index in [1.807, 2.05) is 0 Å². The second-order valence-electron chi connectivity index (χ2n) is 7.86. The number of benzene rings is 1. The molecule has 152 valence electrons. The summed E-state index contributed by atoms with van der Waals surface area (Å²) in [7, 11) is 0. The first kappa shape index (κ1) is 18.6. The van der Waals surface area contributed by atoms with Crippen LogP contribution in [0, 0.1) is 0 Å². The molecule has 0 saturated carbocycles. The summed E-state index contributed by atoms with van der Waals surface area (Å²) >= 11 is -1.83. The SMILES string of the molecule is O=C(Nc1c2c(cc3c1CCC3)CCC2)N[S+]([O-])c1cc2c(o1)CCC/C2=N/O. The van der Waals surface area contributed by atoms with E-state index in [4.69, 9.17) is 9.62 Å². The van der Waals surface area contributed by atoms with Gasteiger partial charge >= 0.3 is 11.1 Å². The van der Waals surface area contributed by atoms with Gasteiger partial charge in [-0.25, -0.2) is 4.79 Å². The Morgan fingerprint density at radius 3 is 2.41 bits per heavy atom. The number of oxime groups is 1. The van der Waals surface area contributed by atoms with Gasteiger partial charge in [0.2, 0.25) is 0 Å². The first-order chi connectivity index (χ1) is 14.1. The van der Waals surface area contributed by atoms with Crippen LogP contribution in [-0.4, -0.2) is 21.5 Å². The molecule has 5 rings (SSSR count). The molecule has 0 fully saturated rings. The third-order valence-corrected chi connectivity index (χ3v) is 7.05. The number of urea groups is 1.